The van der Waals surface area contributed by atoms with E-state index in [-0.39, 0.29) is 0 Å². The maximum atomic E-state index is 9.17. The number of rotatable bonds is 4. The van der Waals surface area contributed by atoms with Gasteiger partial charge in [0.2, 0.25) is 5.82 Å². The van der Waals surface area contributed by atoms with Crippen molar-refractivity contribution in [2.24, 2.45) is 13.0 Å². The highest BCUT2D eigenvalue weighted by Crippen LogP contribution is 2.20. The largest absolute Gasteiger partial charge is 0.396 e. The molecule has 3 rings (SSSR count). The first-order valence-electron chi connectivity index (χ1n) is 7.41. The molecular formula is C15H21N5O. The summed E-state index contributed by atoms with van der Waals surface area (Å²) in [5.74, 6) is 1.15. The molecule has 2 aromatic rings. The van der Waals surface area contributed by atoms with Gasteiger partial charge in [0, 0.05) is 18.7 Å². The third-order valence-corrected chi connectivity index (χ3v) is 4.09. The molecule has 112 valence electrons. The normalized spacial score (nSPS) is 17.2. The highest BCUT2D eigenvalue weighted by atomic mass is 16.3. The van der Waals surface area contributed by atoms with E-state index in [0.29, 0.717) is 18.3 Å². The SMILES string of the molecule is Cn1nnc(-c2ccc(CN3CCC(CO)CC3)cc2)n1. The number of piperidine rings is 1. The molecule has 0 aliphatic carbocycles. The topological polar surface area (TPSA) is 67.1 Å². The molecule has 0 saturated carbocycles. The van der Waals surface area contributed by atoms with E-state index >= 15 is 0 Å². The molecule has 0 unspecified atom stereocenters. The molecule has 0 spiro atoms. The van der Waals surface area contributed by atoms with E-state index in [0.717, 1.165) is 38.0 Å². The molecule has 1 aliphatic rings. The van der Waals surface area contributed by atoms with Crippen LogP contribution in [0.5, 0.6) is 0 Å². The average molecular weight is 287 g/mol. The fourth-order valence-electron chi connectivity index (χ4n) is 2.74. The Hall–Kier alpha value is -1.79. The van der Waals surface area contributed by atoms with Crippen LogP contribution in [-0.2, 0) is 13.6 Å². The van der Waals surface area contributed by atoms with Crippen LogP contribution in [0.15, 0.2) is 24.3 Å². The molecule has 1 aliphatic heterocycles. The van der Waals surface area contributed by atoms with Crippen LogP contribution in [0.25, 0.3) is 11.4 Å². The Labute approximate surface area is 124 Å². The van der Waals surface area contributed by atoms with Crippen LogP contribution in [0.2, 0.25) is 0 Å². The molecule has 0 amide bonds. The first-order chi connectivity index (χ1) is 10.2. The number of likely N-dealkylation sites (tertiary alicyclic amines) is 1. The molecule has 0 atom stereocenters. The zero-order chi connectivity index (χ0) is 14.7. The van der Waals surface area contributed by atoms with Crippen LogP contribution < -0.4 is 0 Å². The summed E-state index contributed by atoms with van der Waals surface area (Å²) in [5.41, 5.74) is 2.29. The van der Waals surface area contributed by atoms with Gasteiger partial charge >= 0.3 is 0 Å². The van der Waals surface area contributed by atoms with Gasteiger partial charge in [-0.25, -0.2) is 0 Å². The predicted molar refractivity (Wildman–Crippen MR) is 79.3 cm³/mol. The molecule has 1 N–H and O–H groups in total. The van der Waals surface area contributed by atoms with Crippen LogP contribution in [0, 0.1) is 5.92 Å². The van der Waals surface area contributed by atoms with E-state index in [2.05, 4.69) is 32.4 Å². The lowest BCUT2D eigenvalue weighted by Crippen LogP contribution is -2.34. The second kappa shape index (κ2) is 6.32. The van der Waals surface area contributed by atoms with E-state index in [1.165, 1.54) is 10.4 Å². The van der Waals surface area contributed by atoms with Crippen molar-refractivity contribution < 1.29 is 5.11 Å². The average Bonchev–Trinajstić information content (AvgIpc) is 2.95. The zero-order valence-electron chi connectivity index (χ0n) is 12.3. The van der Waals surface area contributed by atoms with Crippen molar-refractivity contribution in [3.63, 3.8) is 0 Å². The molecule has 1 fully saturated rings. The molecule has 0 radical (unpaired) electrons. The molecule has 0 bridgehead atoms. The van der Waals surface area contributed by atoms with Crippen molar-refractivity contribution in [2.75, 3.05) is 19.7 Å². The molecule has 1 aromatic heterocycles. The summed E-state index contributed by atoms with van der Waals surface area (Å²) in [7, 11) is 1.76. The van der Waals surface area contributed by atoms with E-state index in [1.54, 1.807) is 7.05 Å². The van der Waals surface area contributed by atoms with E-state index in [4.69, 9.17) is 0 Å². The maximum Gasteiger partial charge on any atom is 0.204 e. The van der Waals surface area contributed by atoms with Gasteiger partial charge in [0.25, 0.3) is 0 Å². The smallest absolute Gasteiger partial charge is 0.204 e. The number of hydrogen-bond donors (Lipinski definition) is 1. The summed E-state index contributed by atoms with van der Waals surface area (Å²) in [6, 6.07) is 8.35. The van der Waals surface area contributed by atoms with Gasteiger partial charge in [0.15, 0.2) is 0 Å². The molecule has 21 heavy (non-hydrogen) atoms. The Kier molecular flexibility index (Phi) is 4.26. The number of tetrazole rings is 1. The molecule has 1 saturated heterocycles. The predicted octanol–water partition coefficient (Wildman–Crippen LogP) is 1.08. The number of hydrogen-bond acceptors (Lipinski definition) is 5. The van der Waals surface area contributed by atoms with Crippen molar-refractivity contribution in [1.29, 1.82) is 0 Å². The van der Waals surface area contributed by atoms with Crippen molar-refractivity contribution >= 4 is 0 Å². The number of benzene rings is 1. The van der Waals surface area contributed by atoms with Crippen LogP contribution in [-0.4, -0.2) is 49.9 Å². The fourth-order valence-corrected chi connectivity index (χ4v) is 2.74. The lowest BCUT2D eigenvalue weighted by Gasteiger charge is -2.31. The third kappa shape index (κ3) is 3.46. The lowest BCUT2D eigenvalue weighted by molar-refractivity contribution is 0.127. The van der Waals surface area contributed by atoms with Crippen LogP contribution in [0.1, 0.15) is 18.4 Å². The Balaban J connectivity index is 1.60. The van der Waals surface area contributed by atoms with Crippen LogP contribution >= 0.6 is 0 Å². The monoisotopic (exact) mass is 287 g/mol. The Morgan fingerprint density at radius 2 is 1.90 bits per heavy atom. The first-order valence-corrected chi connectivity index (χ1v) is 7.41. The van der Waals surface area contributed by atoms with Gasteiger partial charge in [-0.05, 0) is 42.6 Å². The molecule has 6 nitrogen and oxygen atoms in total. The minimum Gasteiger partial charge on any atom is -0.396 e. The minimum absolute atomic E-state index is 0.327. The summed E-state index contributed by atoms with van der Waals surface area (Å²) in [6.07, 6.45) is 2.19. The number of aliphatic hydroxyl groups is 1. The molecule has 2 heterocycles. The number of aliphatic hydroxyl groups excluding tert-OH is 1. The van der Waals surface area contributed by atoms with Crippen molar-refractivity contribution in [3.8, 4) is 11.4 Å². The summed E-state index contributed by atoms with van der Waals surface area (Å²) in [4.78, 5) is 3.91. The van der Waals surface area contributed by atoms with Crippen LogP contribution in [0.4, 0.5) is 0 Å². The Bertz CT molecular complexity index is 572. The number of aromatic nitrogens is 4. The Morgan fingerprint density at radius 1 is 1.19 bits per heavy atom. The molecule has 1 aromatic carbocycles. The van der Waals surface area contributed by atoms with Crippen LogP contribution in [0.3, 0.4) is 0 Å². The van der Waals surface area contributed by atoms with Gasteiger partial charge in [-0.2, -0.15) is 4.80 Å². The number of aryl methyl sites for hydroxylation is 1. The number of nitrogens with zero attached hydrogens (tertiary/aromatic N) is 5. The highest BCUT2D eigenvalue weighted by Gasteiger charge is 2.18. The Morgan fingerprint density at radius 3 is 2.48 bits per heavy atom. The van der Waals surface area contributed by atoms with Crippen molar-refractivity contribution in [2.45, 2.75) is 19.4 Å². The van der Waals surface area contributed by atoms with E-state index in [9.17, 15) is 5.11 Å². The second-order valence-electron chi connectivity index (χ2n) is 5.70. The zero-order valence-corrected chi connectivity index (χ0v) is 12.3. The summed E-state index contributed by atoms with van der Waals surface area (Å²) in [6.45, 7) is 3.43. The van der Waals surface area contributed by atoms with Crippen molar-refractivity contribution in [3.05, 3.63) is 29.8 Å². The van der Waals surface area contributed by atoms with Crippen molar-refractivity contribution in [1.82, 2.24) is 25.1 Å². The summed E-state index contributed by atoms with van der Waals surface area (Å²) >= 11 is 0. The summed E-state index contributed by atoms with van der Waals surface area (Å²) < 4.78 is 0. The lowest BCUT2D eigenvalue weighted by atomic mass is 9.97. The summed E-state index contributed by atoms with van der Waals surface area (Å²) in [5, 5.41) is 21.2. The first kappa shape index (κ1) is 14.2. The van der Waals surface area contributed by atoms with Gasteiger partial charge in [-0.3, -0.25) is 4.90 Å². The minimum atomic E-state index is 0.327. The van der Waals surface area contributed by atoms with Gasteiger partial charge in [0.05, 0.1) is 7.05 Å². The fraction of sp³-hybridized carbons (Fsp3) is 0.533. The third-order valence-electron chi connectivity index (χ3n) is 4.09. The van der Waals surface area contributed by atoms with E-state index in [1.807, 2.05) is 12.1 Å². The second-order valence-corrected chi connectivity index (χ2v) is 5.70. The highest BCUT2D eigenvalue weighted by molar-refractivity contribution is 5.54. The van der Waals surface area contributed by atoms with E-state index < -0.39 is 0 Å². The molecule has 6 heteroatoms. The standard InChI is InChI=1S/C15H21N5O/c1-19-17-15(16-18-19)14-4-2-12(3-5-14)10-20-8-6-13(11-21)7-9-20/h2-5,13,21H,6-11H2,1H3. The van der Waals surface area contributed by atoms with Gasteiger partial charge in [-0.15, -0.1) is 10.2 Å². The maximum absolute atomic E-state index is 9.17. The van der Waals surface area contributed by atoms with Gasteiger partial charge in [0.1, 0.15) is 0 Å². The van der Waals surface area contributed by atoms with Gasteiger partial charge < -0.3 is 5.11 Å². The quantitative estimate of drug-likeness (QED) is 0.911. The molecular weight excluding hydrogens is 266 g/mol. The van der Waals surface area contributed by atoms with Gasteiger partial charge in [-0.1, -0.05) is 24.3 Å².